The molecule has 9 nitrogen and oxygen atoms in total. The summed E-state index contributed by atoms with van der Waals surface area (Å²) >= 11 is 0. The second-order valence-corrected chi connectivity index (χ2v) is 9.09. The normalized spacial score (nSPS) is 18.5. The second-order valence-electron chi connectivity index (χ2n) is 9.09. The van der Waals surface area contributed by atoms with E-state index in [1.807, 2.05) is 0 Å². The fourth-order valence-corrected chi connectivity index (χ4v) is 4.72. The van der Waals surface area contributed by atoms with Gasteiger partial charge in [-0.1, -0.05) is 0 Å². The summed E-state index contributed by atoms with van der Waals surface area (Å²) < 4.78 is 79.3. The largest absolute Gasteiger partial charge is 0.422 e. The van der Waals surface area contributed by atoms with Crippen LogP contribution in [-0.2, 0) is 30.6 Å². The third kappa shape index (κ3) is 5.55. The minimum absolute atomic E-state index is 0.0736. The molecule has 1 aliphatic heterocycles. The lowest BCUT2D eigenvalue weighted by Gasteiger charge is -2.35. The van der Waals surface area contributed by atoms with Crippen LogP contribution in [0.25, 0.3) is 0 Å². The van der Waals surface area contributed by atoms with Crippen LogP contribution in [0.4, 0.5) is 32.3 Å². The Morgan fingerprint density at radius 2 is 1.68 bits per heavy atom. The maximum atomic E-state index is 13.5. The van der Waals surface area contributed by atoms with Crippen LogP contribution in [-0.4, -0.2) is 75.2 Å². The van der Waals surface area contributed by atoms with E-state index in [1.165, 1.54) is 7.05 Å². The van der Waals surface area contributed by atoms with E-state index in [0.717, 1.165) is 12.4 Å². The van der Waals surface area contributed by atoms with E-state index in [1.54, 1.807) is 21.7 Å². The van der Waals surface area contributed by atoms with Gasteiger partial charge in [-0.2, -0.15) is 31.4 Å². The molecule has 2 aromatic rings. The monoisotopic (exact) mass is 533 g/mol. The first-order valence-corrected chi connectivity index (χ1v) is 11.6. The Morgan fingerprint density at radius 3 is 2.24 bits per heavy atom. The molecule has 0 spiro atoms. The van der Waals surface area contributed by atoms with E-state index < -0.39 is 35.1 Å². The number of carbonyl (C=O) groups excluding carboxylic acids is 1. The Hall–Kier alpha value is -3.23. The Balaban J connectivity index is 1.33. The summed E-state index contributed by atoms with van der Waals surface area (Å²) in [7, 11) is 2.89. The molecular weight excluding hydrogens is 508 g/mol. The number of halogens is 6. The van der Waals surface area contributed by atoms with Crippen molar-refractivity contribution in [3.05, 3.63) is 45.1 Å². The average molecular weight is 533 g/mol. The second kappa shape index (κ2) is 9.91. The molecule has 1 fully saturated rings. The Morgan fingerprint density at radius 1 is 1.05 bits per heavy atom. The highest BCUT2D eigenvalue weighted by Gasteiger charge is 2.42. The molecule has 0 N–H and O–H groups in total. The smallest absolute Gasteiger partial charge is 0.339 e. The highest BCUT2D eigenvalue weighted by molar-refractivity contribution is 5.76. The number of anilines is 1. The quantitative estimate of drug-likeness (QED) is 0.545. The van der Waals surface area contributed by atoms with Gasteiger partial charge in [0.05, 0.1) is 17.3 Å². The molecule has 1 aliphatic carbocycles. The van der Waals surface area contributed by atoms with Crippen LogP contribution in [0.2, 0.25) is 0 Å². The molecule has 0 saturated carbocycles. The molecular formula is C22H25F6N7O2. The molecule has 1 atom stereocenters. The predicted molar refractivity (Wildman–Crippen MR) is 119 cm³/mol. The minimum Gasteiger partial charge on any atom is -0.339 e. The van der Waals surface area contributed by atoms with E-state index in [9.17, 15) is 35.9 Å². The Labute approximate surface area is 207 Å². The summed E-state index contributed by atoms with van der Waals surface area (Å²) in [6, 6.07) is -0.454. The number of nitrogens with zero attached hydrogens (tertiary/aromatic N) is 7. The third-order valence-electron chi connectivity index (χ3n) is 6.73. The molecule has 2 aromatic heterocycles. The zero-order valence-electron chi connectivity index (χ0n) is 20.1. The van der Waals surface area contributed by atoms with Gasteiger partial charge in [-0.25, -0.2) is 14.6 Å². The van der Waals surface area contributed by atoms with E-state index >= 15 is 0 Å². The SMILES string of the molecule is CN(CCC(=O)N1CCN(c2ncc(C(F)(F)F)cn2)CC1)[C@@H]1CCc2c1nn(C)c(=O)c2C(F)(F)F. The molecule has 0 radical (unpaired) electrons. The van der Waals surface area contributed by atoms with E-state index in [-0.39, 0.29) is 42.5 Å². The van der Waals surface area contributed by atoms with Crippen molar-refractivity contribution in [1.29, 1.82) is 0 Å². The van der Waals surface area contributed by atoms with Gasteiger partial charge in [0.15, 0.2) is 0 Å². The van der Waals surface area contributed by atoms with Gasteiger partial charge in [0.2, 0.25) is 11.9 Å². The molecule has 4 rings (SSSR count). The lowest BCUT2D eigenvalue weighted by atomic mass is 10.1. The average Bonchev–Trinajstić information content (AvgIpc) is 3.24. The zero-order chi connectivity index (χ0) is 27.1. The first-order chi connectivity index (χ1) is 17.3. The van der Waals surface area contributed by atoms with Gasteiger partial charge < -0.3 is 9.80 Å². The third-order valence-corrected chi connectivity index (χ3v) is 6.73. The first-order valence-electron chi connectivity index (χ1n) is 11.6. The summed E-state index contributed by atoms with van der Waals surface area (Å²) in [6.45, 7) is 1.63. The van der Waals surface area contributed by atoms with Crippen LogP contribution >= 0.6 is 0 Å². The van der Waals surface area contributed by atoms with Gasteiger partial charge in [0, 0.05) is 58.6 Å². The Bertz CT molecular complexity index is 1200. The van der Waals surface area contributed by atoms with Crippen LogP contribution in [0.15, 0.2) is 17.2 Å². The van der Waals surface area contributed by atoms with E-state index in [2.05, 4.69) is 15.1 Å². The molecule has 3 heterocycles. The minimum atomic E-state index is -4.78. The summed E-state index contributed by atoms with van der Waals surface area (Å²) in [5.74, 6) is 0.00215. The molecule has 0 aromatic carbocycles. The number of amides is 1. The summed E-state index contributed by atoms with van der Waals surface area (Å²) in [4.78, 5) is 37.5. The number of aromatic nitrogens is 4. The van der Waals surface area contributed by atoms with Crippen molar-refractivity contribution in [2.75, 3.05) is 44.7 Å². The number of fused-ring (bicyclic) bond motifs is 1. The highest BCUT2D eigenvalue weighted by atomic mass is 19.4. The fourth-order valence-electron chi connectivity index (χ4n) is 4.72. The number of aryl methyl sites for hydroxylation is 1. The number of rotatable bonds is 5. The fraction of sp³-hybridized carbons (Fsp3) is 0.591. The number of carbonyl (C=O) groups is 1. The molecule has 0 unspecified atom stereocenters. The van der Waals surface area contributed by atoms with Gasteiger partial charge >= 0.3 is 12.4 Å². The van der Waals surface area contributed by atoms with E-state index in [4.69, 9.17) is 0 Å². The predicted octanol–water partition coefficient (Wildman–Crippen LogP) is 2.27. The van der Waals surface area contributed by atoms with Gasteiger partial charge in [-0.3, -0.25) is 14.5 Å². The molecule has 202 valence electrons. The van der Waals surface area contributed by atoms with Crippen LogP contribution in [0, 0.1) is 0 Å². The molecule has 2 aliphatic rings. The Kier molecular flexibility index (Phi) is 7.18. The van der Waals surface area contributed by atoms with Crippen molar-refractivity contribution in [3.63, 3.8) is 0 Å². The van der Waals surface area contributed by atoms with Crippen LogP contribution in [0.1, 0.15) is 41.3 Å². The number of hydrogen-bond donors (Lipinski definition) is 0. The van der Waals surface area contributed by atoms with Crippen LogP contribution in [0.5, 0.6) is 0 Å². The van der Waals surface area contributed by atoms with Crippen LogP contribution < -0.4 is 10.5 Å². The molecule has 1 amide bonds. The first kappa shape index (κ1) is 26.8. The summed E-state index contributed by atoms with van der Waals surface area (Å²) in [6.07, 6.45) is -7.31. The van der Waals surface area contributed by atoms with Crippen molar-refractivity contribution in [2.24, 2.45) is 7.05 Å². The van der Waals surface area contributed by atoms with Crippen molar-refractivity contribution in [3.8, 4) is 0 Å². The standard InChI is InChI=1S/C22H25F6N7O2/c1-32(15-4-3-14-17(22(26,27)28)19(37)33(2)31-18(14)15)6-5-16(36)34-7-9-35(10-8-34)20-29-11-13(12-30-20)21(23,24)25/h11-12,15H,3-10H2,1-2H3/t15-/m1/s1. The number of alkyl halides is 6. The topological polar surface area (TPSA) is 87.5 Å². The van der Waals surface area contributed by atoms with Crippen molar-refractivity contribution in [2.45, 2.75) is 37.7 Å². The highest BCUT2D eigenvalue weighted by Crippen LogP contribution is 2.39. The van der Waals surface area contributed by atoms with E-state index in [0.29, 0.717) is 37.3 Å². The lowest BCUT2D eigenvalue weighted by Crippen LogP contribution is -2.49. The maximum absolute atomic E-state index is 13.5. The van der Waals surface area contributed by atoms with Crippen molar-refractivity contribution in [1.82, 2.24) is 29.5 Å². The molecule has 0 bridgehead atoms. The van der Waals surface area contributed by atoms with Crippen molar-refractivity contribution < 1.29 is 31.1 Å². The molecule has 37 heavy (non-hydrogen) atoms. The number of piperazine rings is 1. The molecule has 15 heteroatoms. The maximum Gasteiger partial charge on any atom is 0.422 e. The summed E-state index contributed by atoms with van der Waals surface area (Å²) in [5.41, 5.74) is -3.17. The van der Waals surface area contributed by atoms with Gasteiger partial charge in [-0.15, -0.1) is 0 Å². The van der Waals surface area contributed by atoms with Gasteiger partial charge in [-0.05, 0) is 25.5 Å². The number of hydrogen-bond acceptors (Lipinski definition) is 7. The van der Waals surface area contributed by atoms with Crippen molar-refractivity contribution >= 4 is 11.9 Å². The molecule has 1 saturated heterocycles. The zero-order valence-corrected chi connectivity index (χ0v) is 20.1. The lowest BCUT2D eigenvalue weighted by molar-refractivity contribution is -0.140. The van der Waals surface area contributed by atoms with Gasteiger partial charge in [0.25, 0.3) is 5.56 Å². The summed E-state index contributed by atoms with van der Waals surface area (Å²) in [5, 5.41) is 4.09. The van der Waals surface area contributed by atoms with Gasteiger partial charge in [0.1, 0.15) is 5.56 Å². The van der Waals surface area contributed by atoms with Crippen LogP contribution in [0.3, 0.4) is 0 Å².